The number of aliphatic hydroxyl groups is 1. The number of carbonyl (C=O) groups is 1. The SMILES string of the molecule is CNCC(O)C(=O)c1c(C)cc(C)cc1OC. The third-order valence-corrected chi connectivity index (χ3v) is 2.61. The highest BCUT2D eigenvalue weighted by Crippen LogP contribution is 2.25. The molecule has 0 saturated carbocycles. The lowest BCUT2D eigenvalue weighted by molar-refractivity contribution is 0.0746. The average Bonchev–Trinajstić information content (AvgIpc) is 2.27. The normalized spacial score (nSPS) is 12.3. The van der Waals surface area contributed by atoms with Gasteiger partial charge in [-0.05, 0) is 38.1 Å². The number of likely N-dealkylation sites (N-methyl/N-ethyl adjacent to an activating group) is 1. The van der Waals surface area contributed by atoms with Gasteiger partial charge in [-0.15, -0.1) is 0 Å². The second kappa shape index (κ2) is 5.80. The molecule has 0 fully saturated rings. The third kappa shape index (κ3) is 3.05. The van der Waals surface area contributed by atoms with Gasteiger partial charge in [0.15, 0.2) is 5.78 Å². The molecule has 1 atom stereocenters. The van der Waals surface area contributed by atoms with E-state index < -0.39 is 6.10 Å². The zero-order valence-electron chi connectivity index (χ0n) is 10.7. The maximum atomic E-state index is 12.1. The first-order valence-corrected chi connectivity index (χ1v) is 5.53. The van der Waals surface area contributed by atoms with Crippen molar-refractivity contribution >= 4 is 5.78 Å². The summed E-state index contributed by atoms with van der Waals surface area (Å²) >= 11 is 0. The molecule has 94 valence electrons. The molecule has 4 nitrogen and oxygen atoms in total. The van der Waals surface area contributed by atoms with Crippen molar-refractivity contribution in [1.82, 2.24) is 5.32 Å². The van der Waals surface area contributed by atoms with Crippen LogP contribution in [0.2, 0.25) is 0 Å². The Morgan fingerprint density at radius 1 is 1.47 bits per heavy atom. The first-order valence-electron chi connectivity index (χ1n) is 5.53. The summed E-state index contributed by atoms with van der Waals surface area (Å²) in [4.78, 5) is 12.1. The van der Waals surface area contributed by atoms with E-state index in [0.717, 1.165) is 11.1 Å². The molecular weight excluding hydrogens is 218 g/mol. The zero-order valence-corrected chi connectivity index (χ0v) is 10.7. The first kappa shape index (κ1) is 13.7. The highest BCUT2D eigenvalue weighted by Gasteiger charge is 2.22. The number of ketones is 1. The van der Waals surface area contributed by atoms with E-state index in [4.69, 9.17) is 4.74 Å². The van der Waals surface area contributed by atoms with Gasteiger partial charge in [-0.2, -0.15) is 0 Å². The Kier molecular flexibility index (Phi) is 4.66. The quantitative estimate of drug-likeness (QED) is 0.752. The summed E-state index contributed by atoms with van der Waals surface area (Å²) in [6, 6.07) is 3.70. The number of ether oxygens (including phenoxy) is 1. The Hall–Kier alpha value is -1.39. The molecule has 0 radical (unpaired) electrons. The number of hydrogen-bond acceptors (Lipinski definition) is 4. The molecule has 4 heteroatoms. The second-order valence-electron chi connectivity index (χ2n) is 4.10. The van der Waals surface area contributed by atoms with Crippen molar-refractivity contribution < 1.29 is 14.6 Å². The summed E-state index contributed by atoms with van der Waals surface area (Å²) in [6.07, 6.45) is -1.05. The summed E-state index contributed by atoms with van der Waals surface area (Å²) in [5, 5.41) is 12.5. The van der Waals surface area contributed by atoms with Gasteiger partial charge in [0, 0.05) is 6.54 Å². The van der Waals surface area contributed by atoms with Crippen LogP contribution in [-0.4, -0.2) is 37.7 Å². The zero-order chi connectivity index (χ0) is 13.0. The summed E-state index contributed by atoms with van der Waals surface area (Å²) < 4.78 is 5.20. The van der Waals surface area contributed by atoms with E-state index >= 15 is 0 Å². The van der Waals surface area contributed by atoms with Gasteiger partial charge in [-0.25, -0.2) is 0 Å². The van der Waals surface area contributed by atoms with Gasteiger partial charge in [-0.3, -0.25) is 4.79 Å². The molecule has 1 rings (SSSR count). The van der Waals surface area contributed by atoms with Crippen LogP contribution in [0.4, 0.5) is 0 Å². The topological polar surface area (TPSA) is 58.6 Å². The molecule has 0 amide bonds. The molecule has 0 bridgehead atoms. The summed E-state index contributed by atoms with van der Waals surface area (Å²) in [6.45, 7) is 4.01. The number of aryl methyl sites for hydroxylation is 2. The number of benzene rings is 1. The minimum atomic E-state index is -1.05. The van der Waals surface area contributed by atoms with E-state index in [1.807, 2.05) is 19.9 Å². The van der Waals surface area contributed by atoms with E-state index in [-0.39, 0.29) is 12.3 Å². The van der Waals surface area contributed by atoms with Crippen molar-refractivity contribution in [3.05, 3.63) is 28.8 Å². The molecule has 1 unspecified atom stereocenters. The Morgan fingerprint density at radius 3 is 2.65 bits per heavy atom. The number of aliphatic hydroxyl groups excluding tert-OH is 1. The molecule has 0 spiro atoms. The maximum absolute atomic E-state index is 12.1. The molecule has 0 aromatic heterocycles. The molecule has 0 heterocycles. The largest absolute Gasteiger partial charge is 0.496 e. The van der Waals surface area contributed by atoms with Gasteiger partial charge in [0.05, 0.1) is 12.7 Å². The van der Waals surface area contributed by atoms with Crippen molar-refractivity contribution in [2.75, 3.05) is 20.7 Å². The number of methoxy groups -OCH3 is 1. The van der Waals surface area contributed by atoms with Crippen LogP contribution in [0.15, 0.2) is 12.1 Å². The monoisotopic (exact) mass is 237 g/mol. The van der Waals surface area contributed by atoms with E-state index in [0.29, 0.717) is 11.3 Å². The van der Waals surface area contributed by atoms with Gasteiger partial charge in [0.2, 0.25) is 0 Å². The lowest BCUT2D eigenvalue weighted by Crippen LogP contribution is -2.32. The number of carbonyl (C=O) groups excluding carboxylic acids is 1. The van der Waals surface area contributed by atoms with Gasteiger partial charge in [0.25, 0.3) is 0 Å². The smallest absolute Gasteiger partial charge is 0.196 e. The number of hydrogen-bond donors (Lipinski definition) is 2. The maximum Gasteiger partial charge on any atom is 0.196 e. The number of rotatable bonds is 5. The molecule has 0 aliphatic carbocycles. The predicted molar refractivity (Wildman–Crippen MR) is 66.7 cm³/mol. The lowest BCUT2D eigenvalue weighted by Gasteiger charge is -2.15. The van der Waals surface area contributed by atoms with Crippen molar-refractivity contribution in [1.29, 1.82) is 0 Å². The van der Waals surface area contributed by atoms with Crippen molar-refractivity contribution in [2.24, 2.45) is 0 Å². The number of nitrogens with one attached hydrogen (secondary N) is 1. The molecule has 0 aliphatic heterocycles. The van der Waals surface area contributed by atoms with Crippen LogP contribution < -0.4 is 10.1 Å². The van der Waals surface area contributed by atoms with Crippen LogP contribution in [0.3, 0.4) is 0 Å². The Bertz CT molecular complexity index is 415. The van der Waals surface area contributed by atoms with Gasteiger partial charge >= 0.3 is 0 Å². The minimum absolute atomic E-state index is 0.231. The fraction of sp³-hybridized carbons (Fsp3) is 0.462. The summed E-state index contributed by atoms with van der Waals surface area (Å²) in [5.74, 6) is 0.205. The summed E-state index contributed by atoms with van der Waals surface area (Å²) in [7, 11) is 3.21. The lowest BCUT2D eigenvalue weighted by atomic mass is 9.98. The van der Waals surface area contributed by atoms with Crippen LogP contribution in [0, 0.1) is 13.8 Å². The van der Waals surface area contributed by atoms with E-state index in [9.17, 15) is 9.90 Å². The Balaban J connectivity index is 3.16. The minimum Gasteiger partial charge on any atom is -0.496 e. The predicted octanol–water partition coefficient (Wildman–Crippen LogP) is 1.08. The highest BCUT2D eigenvalue weighted by atomic mass is 16.5. The molecule has 1 aromatic rings. The third-order valence-electron chi connectivity index (χ3n) is 2.61. The molecule has 1 aromatic carbocycles. The highest BCUT2D eigenvalue weighted by molar-refractivity contribution is 6.03. The van der Waals surface area contributed by atoms with Gasteiger partial charge in [-0.1, -0.05) is 6.07 Å². The van der Waals surface area contributed by atoms with Crippen molar-refractivity contribution in [3.63, 3.8) is 0 Å². The van der Waals surface area contributed by atoms with Crippen molar-refractivity contribution in [3.8, 4) is 5.75 Å². The Labute approximate surface area is 102 Å². The summed E-state index contributed by atoms with van der Waals surface area (Å²) in [5.41, 5.74) is 2.31. The first-order chi connectivity index (χ1) is 8.01. The van der Waals surface area contributed by atoms with Gasteiger partial charge < -0.3 is 15.2 Å². The van der Waals surface area contributed by atoms with Gasteiger partial charge in [0.1, 0.15) is 11.9 Å². The number of Topliss-reactive ketones (excluding diaryl/α,β-unsaturated/α-hetero) is 1. The van der Waals surface area contributed by atoms with E-state index in [2.05, 4.69) is 5.32 Å². The Morgan fingerprint density at radius 2 is 2.12 bits per heavy atom. The standard InChI is InChI=1S/C13H19NO3/c1-8-5-9(2)12(11(6-8)17-4)13(16)10(15)7-14-3/h5-6,10,14-15H,7H2,1-4H3. The van der Waals surface area contributed by atoms with E-state index in [1.54, 1.807) is 13.1 Å². The van der Waals surface area contributed by atoms with Crippen LogP contribution >= 0.6 is 0 Å². The van der Waals surface area contributed by atoms with Crippen LogP contribution in [-0.2, 0) is 0 Å². The van der Waals surface area contributed by atoms with Crippen LogP contribution in [0.5, 0.6) is 5.75 Å². The fourth-order valence-corrected chi connectivity index (χ4v) is 1.86. The second-order valence-corrected chi connectivity index (χ2v) is 4.10. The average molecular weight is 237 g/mol. The van der Waals surface area contributed by atoms with Crippen molar-refractivity contribution in [2.45, 2.75) is 20.0 Å². The van der Waals surface area contributed by atoms with Crippen LogP contribution in [0.1, 0.15) is 21.5 Å². The molecule has 0 aliphatic rings. The molecule has 2 N–H and O–H groups in total. The fourth-order valence-electron chi connectivity index (χ4n) is 1.86. The molecule has 0 saturated heterocycles. The van der Waals surface area contributed by atoms with E-state index in [1.165, 1.54) is 7.11 Å². The molecular formula is C13H19NO3. The van der Waals surface area contributed by atoms with Crippen LogP contribution in [0.25, 0.3) is 0 Å². The molecule has 17 heavy (non-hydrogen) atoms.